The second kappa shape index (κ2) is 8.34. The molecule has 3 heterocycles. The molecule has 4 aromatic rings. The maximum absolute atomic E-state index is 13.6. The second-order valence-electron chi connectivity index (χ2n) is 8.01. The van der Waals surface area contributed by atoms with Crippen molar-refractivity contribution in [3.8, 4) is 11.3 Å². The number of fused-ring (bicyclic) bond motifs is 1. The summed E-state index contributed by atoms with van der Waals surface area (Å²) in [4.78, 5) is 23.1. The van der Waals surface area contributed by atoms with Crippen LogP contribution in [0.5, 0.6) is 0 Å². The first-order valence-electron chi connectivity index (χ1n) is 10.6. The molecule has 0 radical (unpaired) electrons. The van der Waals surface area contributed by atoms with E-state index in [1.54, 1.807) is 4.57 Å². The number of pyridine rings is 1. The minimum atomic E-state index is -0.180. The zero-order valence-electron chi connectivity index (χ0n) is 18.5. The van der Waals surface area contributed by atoms with Gasteiger partial charge in [-0.2, -0.15) is 0 Å². The van der Waals surface area contributed by atoms with Crippen molar-refractivity contribution in [2.75, 3.05) is 5.32 Å². The predicted molar refractivity (Wildman–Crippen MR) is 122 cm³/mol. The molecule has 1 N–H and O–H groups in total. The highest BCUT2D eigenvalue weighted by Gasteiger charge is 2.22. The normalized spacial score (nSPS) is 12.5. The maximum atomic E-state index is 13.6. The van der Waals surface area contributed by atoms with Crippen LogP contribution in [0.1, 0.15) is 50.3 Å². The Labute approximate surface area is 181 Å². The molecule has 1 atom stereocenters. The summed E-state index contributed by atoms with van der Waals surface area (Å²) in [6.45, 7) is 9.80. The zero-order chi connectivity index (χ0) is 22.1. The van der Waals surface area contributed by atoms with E-state index >= 15 is 0 Å². The number of nitrogens with zero attached hydrogens (tertiary/aromatic N) is 4. The minimum absolute atomic E-state index is 0.0810. The largest absolute Gasteiger partial charge is 0.363 e. The van der Waals surface area contributed by atoms with E-state index in [2.05, 4.69) is 22.4 Å². The Balaban J connectivity index is 2.03. The number of aryl methyl sites for hydroxylation is 2. The van der Waals surface area contributed by atoms with Gasteiger partial charge in [-0.3, -0.25) is 9.36 Å². The molecule has 0 saturated carbocycles. The molecular formula is C24H27N5O2. The van der Waals surface area contributed by atoms with E-state index in [1.807, 2.05) is 70.2 Å². The second-order valence-corrected chi connectivity index (χ2v) is 8.01. The van der Waals surface area contributed by atoms with Gasteiger partial charge in [0.25, 0.3) is 5.56 Å². The number of hydrogen-bond acceptors (Lipinski definition) is 6. The van der Waals surface area contributed by atoms with Gasteiger partial charge < -0.3 is 9.84 Å². The van der Waals surface area contributed by atoms with Crippen LogP contribution >= 0.6 is 0 Å². The van der Waals surface area contributed by atoms with Crippen LogP contribution in [0.3, 0.4) is 0 Å². The monoisotopic (exact) mass is 417 g/mol. The molecule has 0 bridgehead atoms. The SMILES string of the molecule is CCC(c1ccccc1)n1c(=O)c(NC(C)C)nc2ccc(-c3c(C)noc3C)nc21. The van der Waals surface area contributed by atoms with Crippen molar-refractivity contribution in [3.05, 3.63) is 69.8 Å². The fourth-order valence-electron chi connectivity index (χ4n) is 3.97. The summed E-state index contributed by atoms with van der Waals surface area (Å²) in [5.74, 6) is 1.03. The van der Waals surface area contributed by atoms with Crippen LogP contribution in [-0.4, -0.2) is 25.7 Å². The van der Waals surface area contributed by atoms with Crippen molar-refractivity contribution < 1.29 is 4.52 Å². The Morgan fingerprint density at radius 2 is 1.81 bits per heavy atom. The number of anilines is 1. The number of aromatic nitrogens is 4. The molecule has 0 aliphatic heterocycles. The molecule has 0 amide bonds. The summed E-state index contributed by atoms with van der Waals surface area (Å²) in [5.41, 5.74) is 4.41. The average Bonchev–Trinajstić information content (AvgIpc) is 3.09. The Kier molecular flexibility index (Phi) is 5.59. The number of hydrogen-bond donors (Lipinski definition) is 1. The highest BCUT2D eigenvalue weighted by Crippen LogP contribution is 2.29. The van der Waals surface area contributed by atoms with E-state index in [9.17, 15) is 4.79 Å². The summed E-state index contributed by atoms with van der Waals surface area (Å²) >= 11 is 0. The Hall–Kier alpha value is -3.48. The minimum Gasteiger partial charge on any atom is -0.363 e. The van der Waals surface area contributed by atoms with Gasteiger partial charge in [-0.05, 0) is 51.8 Å². The van der Waals surface area contributed by atoms with Gasteiger partial charge in [0, 0.05) is 6.04 Å². The van der Waals surface area contributed by atoms with Gasteiger partial charge in [0.05, 0.1) is 23.0 Å². The van der Waals surface area contributed by atoms with Crippen LogP contribution in [0, 0.1) is 13.8 Å². The lowest BCUT2D eigenvalue weighted by Crippen LogP contribution is -2.31. The third kappa shape index (κ3) is 3.83. The first-order valence-corrected chi connectivity index (χ1v) is 10.6. The predicted octanol–water partition coefficient (Wildman–Crippen LogP) is 4.88. The standard InChI is InChI=1S/C24H27N5O2/c1-6-20(17-10-8-7-9-11-17)29-23-19(26-22(24(29)30)25-14(2)3)13-12-18(27-23)21-15(4)28-31-16(21)5/h7-14,20H,6H2,1-5H3,(H,25,26). The van der Waals surface area contributed by atoms with E-state index < -0.39 is 0 Å². The first kappa shape index (κ1) is 20.8. The molecule has 0 aliphatic carbocycles. The molecule has 160 valence electrons. The van der Waals surface area contributed by atoms with Crippen molar-refractivity contribution >= 4 is 17.0 Å². The molecule has 31 heavy (non-hydrogen) atoms. The van der Waals surface area contributed by atoms with Crippen molar-refractivity contribution in [2.24, 2.45) is 0 Å². The average molecular weight is 418 g/mol. The summed E-state index contributed by atoms with van der Waals surface area (Å²) in [5, 5.41) is 7.25. The molecule has 3 aromatic heterocycles. The quantitative estimate of drug-likeness (QED) is 0.481. The molecule has 0 saturated heterocycles. The fourth-order valence-corrected chi connectivity index (χ4v) is 3.97. The zero-order valence-corrected chi connectivity index (χ0v) is 18.5. The summed E-state index contributed by atoms with van der Waals surface area (Å²) < 4.78 is 7.10. The molecule has 1 unspecified atom stereocenters. The Morgan fingerprint density at radius 1 is 1.06 bits per heavy atom. The highest BCUT2D eigenvalue weighted by atomic mass is 16.5. The topological polar surface area (TPSA) is 85.8 Å². The fraction of sp³-hybridized carbons (Fsp3) is 0.333. The van der Waals surface area contributed by atoms with Crippen molar-refractivity contribution in [3.63, 3.8) is 0 Å². The first-order chi connectivity index (χ1) is 14.9. The molecular weight excluding hydrogens is 390 g/mol. The van der Waals surface area contributed by atoms with Crippen LogP contribution < -0.4 is 10.9 Å². The lowest BCUT2D eigenvalue weighted by atomic mass is 10.0. The molecule has 0 spiro atoms. The van der Waals surface area contributed by atoms with E-state index in [0.29, 0.717) is 28.4 Å². The number of rotatable bonds is 6. The molecule has 0 fully saturated rings. The maximum Gasteiger partial charge on any atom is 0.295 e. The Bertz CT molecular complexity index is 1260. The van der Waals surface area contributed by atoms with E-state index in [-0.39, 0.29) is 17.6 Å². The van der Waals surface area contributed by atoms with Gasteiger partial charge in [-0.1, -0.05) is 42.4 Å². The van der Waals surface area contributed by atoms with Crippen LogP contribution in [0.25, 0.3) is 22.4 Å². The van der Waals surface area contributed by atoms with Gasteiger partial charge in [0.2, 0.25) is 0 Å². The number of nitrogens with one attached hydrogen (secondary N) is 1. The van der Waals surface area contributed by atoms with Gasteiger partial charge >= 0.3 is 0 Å². The van der Waals surface area contributed by atoms with E-state index in [0.717, 1.165) is 23.2 Å². The van der Waals surface area contributed by atoms with Crippen LogP contribution in [0.4, 0.5) is 5.82 Å². The van der Waals surface area contributed by atoms with E-state index in [4.69, 9.17) is 9.51 Å². The summed E-state index contributed by atoms with van der Waals surface area (Å²) in [6, 6.07) is 13.8. The summed E-state index contributed by atoms with van der Waals surface area (Å²) in [7, 11) is 0. The Morgan fingerprint density at radius 3 is 2.42 bits per heavy atom. The third-order valence-corrected chi connectivity index (χ3v) is 5.33. The van der Waals surface area contributed by atoms with Gasteiger partial charge in [0.1, 0.15) is 11.3 Å². The van der Waals surface area contributed by atoms with Crippen molar-refractivity contribution in [1.29, 1.82) is 0 Å². The van der Waals surface area contributed by atoms with Gasteiger partial charge in [0.15, 0.2) is 11.5 Å². The molecule has 7 nitrogen and oxygen atoms in total. The lowest BCUT2D eigenvalue weighted by Gasteiger charge is -2.22. The van der Waals surface area contributed by atoms with Gasteiger partial charge in [-0.15, -0.1) is 0 Å². The molecule has 4 rings (SSSR count). The van der Waals surface area contributed by atoms with Crippen molar-refractivity contribution in [2.45, 2.75) is 53.1 Å². The molecule has 7 heteroatoms. The van der Waals surface area contributed by atoms with Gasteiger partial charge in [-0.25, -0.2) is 9.97 Å². The molecule has 0 aliphatic rings. The van der Waals surface area contributed by atoms with Crippen LogP contribution in [0.2, 0.25) is 0 Å². The van der Waals surface area contributed by atoms with E-state index in [1.165, 1.54) is 0 Å². The van der Waals surface area contributed by atoms with Crippen LogP contribution in [-0.2, 0) is 0 Å². The highest BCUT2D eigenvalue weighted by molar-refractivity contribution is 5.77. The smallest absolute Gasteiger partial charge is 0.295 e. The number of benzene rings is 1. The molecule has 1 aromatic carbocycles. The van der Waals surface area contributed by atoms with Crippen molar-refractivity contribution in [1.82, 2.24) is 19.7 Å². The lowest BCUT2D eigenvalue weighted by molar-refractivity contribution is 0.393. The summed E-state index contributed by atoms with van der Waals surface area (Å²) in [6.07, 6.45) is 0.737. The third-order valence-electron chi connectivity index (χ3n) is 5.33. The van der Waals surface area contributed by atoms with Crippen LogP contribution in [0.15, 0.2) is 51.8 Å².